The van der Waals surface area contributed by atoms with E-state index in [9.17, 15) is 9.59 Å². The van der Waals surface area contributed by atoms with Crippen LogP contribution in [0.15, 0.2) is 0 Å². The van der Waals surface area contributed by atoms with Crippen molar-refractivity contribution in [2.24, 2.45) is 17.6 Å². The van der Waals surface area contributed by atoms with E-state index in [1.165, 1.54) is 0 Å². The number of nitrogens with two attached hydrogens (primary N) is 1. The first-order chi connectivity index (χ1) is 8.93. The molecule has 0 aromatic carbocycles. The summed E-state index contributed by atoms with van der Waals surface area (Å²) < 4.78 is 0. The predicted molar refractivity (Wildman–Crippen MR) is 75.4 cm³/mol. The van der Waals surface area contributed by atoms with Gasteiger partial charge in [0.25, 0.3) is 0 Å². The van der Waals surface area contributed by atoms with Crippen molar-refractivity contribution in [3.63, 3.8) is 0 Å². The van der Waals surface area contributed by atoms with Crippen LogP contribution in [0, 0.1) is 11.8 Å². The Hall–Kier alpha value is -1.10. The largest absolute Gasteiger partial charge is 0.359 e. The summed E-state index contributed by atoms with van der Waals surface area (Å²) in [6.45, 7) is 2.31. The molecule has 0 radical (unpaired) electrons. The van der Waals surface area contributed by atoms with Crippen molar-refractivity contribution in [1.82, 2.24) is 10.2 Å². The van der Waals surface area contributed by atoms with Gasteiger partial charge in [-0.15, -0.1) is 0 Å². The molecule has 0 aliphatic heterocycles. The summed E-state index contributed by atoms with van der Waals surface area (Å²) in [6, 6.07) is 0.317. The van der Waals surface area contributed by atoms with Crippen molar-refractivity contribution in [3.05, 3.63) is 0 Å². The van der Waals surface area contributed by atoms with Crippen LogP contribution in [0.4, 0.5) is 0 Å². The lowest BCUT2D eigenvalue weighted by molar-refractivity contribution is -0.133. The number of hydrogen-bond donors (Lipinski definition) is 2. The lowest BCUT2D eigenvalue weighted by atomic mass is 9.84. The molecule has 0 aromatic heterocycles. The smallest absolute Gasteiger partial charge is 0.224 e. The van der Waals surface area contributed by atoms with Crippen molar-refractivity contribution < 1.29 is 9.59 Å². The fourth-order valence-corrected chi connectivity index (χ4v) is 2.64. The zero-order chi connectivity index (χ0) is 14.4. The minimum Gasteiger partial charge on any atom is -0.359 e. The Morgan fingerprint density at radius 3 is 2.42 bits per heavy atom. The van der Waals surface area contributed by atoms with Gasteiger partial charge in [-0.05, 0) is 31.6 Å². The van der Waals surface area contributed by atoms with Crippen molar-refractivity contribution in [2.75, 3.05) is 20.6 Å². The highest BCUT2D eigenvalue weighted by molar-refractivity contribution is 5.80. The minimum absolute atomic E-state index is 0.0247. The molecule has 3 N–H and O–H groups in total. The monoisotopic (exact) mass is 269 g/mol. The predicted octanol–water partition coefficient (Wildman–Crippen LogP) is 0.735. The second-order valence-electron chi connectivity index (χ2n) is 5.77. The van der Waals surface area contributed by atoms with Gasteiger partial charge < -0.3 is 16.0 Å². The molecule has 1 fully saturated rings. The Morgan fingerprint density at radius 2 is 1.89 bits per heavy atom. The van der Waals surface area contributed by atoms with Crippen molar-refractivity contribution in [1.29, 1.82) is 0 Å². The number of nitrogens with one attached hydrogen (secondary N) is 1. The molecule has 1 aliphatic rings. The fourth-order valence-electron chi connectivity index (χ4n) is 2.64. The van der Waals surface area contributed by atoms with Gasteiger partial charge in [-0.1, -0.05) is 6.92 Å². The van der Waals surface area contributed by atoms with E-state index in [0.29, 0.717) is 24.9 Å². The Bertz CT molecular complexity index is 312. The third kappa shape index (κ3) is 5.19. The van der Waals surface area contributed by atoms with Gasteiger partial charge in [0.05, 0.1) is 5.92 Å². The second-order valence-corrected chi connectivity index (χ2v) is 5.77. The van der Waals surface area contributed by atoms with Gasteiger partial charge in [-0.3, -0.25) is 9.59 Å². The third-order valence-corrected chi connectivity index (χ3v) is 4.02. The Balaban J connectivity index is 2.34. The molecule has 0 heterocycles. The van der Waals surface area contributed by atoms with Gasteiger partial charge >= 0.3 is 0 Å². The van der Waals surface area contributed by atoms with Crippen LogP contribution < -0.4 is 11.1 Å². The normalized spacial score (nSPS) is 24.6. The van der Waals surface area contributed by atoms with E-state index in [1.54, 1.807) is 19.0 Å². The van der Waals surface area contributed by atoms with Gasteiger partial charge in [-0.25, -0.2) is 0 Å². The van der Waals surface area contributed by atoms with Gasteiger partial charge in [0.15, 0.2) is 0 Å². The molecule has 1 rings (SSSR count). The van der Waals surface area contributed by atoms with Crippen LogP contribution >= 0.6 is 0 Å². The van der Waals surface area contributed by atoms with E-state index in [0.717, 1.165) is 25.7 Å². The Kier molecular flexibility index (Phi) is 6.28. The molecule has 110 valence electrons. The maximum atomic E-state index is 12.1. The summed E-state index contributed by atoms with van der Waals surface area (Å²) >= 11 is 0. The molecular formula is C14H27N3O2. The van der Waals surface area contributed by atoms with Gasteiger partial charge in [0.1, 0.15) is 0 Å². The lowest BCUT2D eigenvalue weighted by Gasteiger charge is -2.28. The Labute approximate surface area is 115 Å². The Morgan fingerprint density at radius 1 is 1.32 bits per heavy atom. The lowest BCUT2D eigenvalue weighted by Crippen LogP contribution is -2.38. The van der Waals surface area contributed by atoms with Crippen LogP contribution in [-0.4, -0.2) is 43.4 Å². The number of carbonyl (C=O) groups excluding carboxylic acids is 2. The molecule has 0 spiro atoms. The zero-order valence-corrected chi connectivity index (χ0v) is 12.3. The first kappa shape index (κ1) is 16.0. The summed E-state index contributed by atoms with van der Waals surface area (Å²) in [5.41, 5.74) is 5.86. The van der Waals surface area contributed by atoms with Crippen LogP contribution in [-0.2, 0) is 9.59 Å². The van der Waals surface area contributed by atoms with Crippen LogP contribution in [0.1, 0.15) is 39.0 Å². The quantitative estimate of drug-likeness (QED) is 0.773. The SMILES string of the molecule is CNC(=O)C(C)CN(C)C(=O)CC1CCC(N)CC1. The first-order valence-electron chi connectivity index (χ1n) is 7.15. The van der Waals surface area contributed by atoms with E-state index >= 15 is 0 Å². The number of amides is 2. The molecule has 5 nitrogen and oxygen atoms in total. The summed E-state index contributed by atoms with van der Waals surface area (Å²) in [4.78, 5) is 25.2. The molecule has 2 amide bonds. The average molecular weight is 269 g/mol. The van der Waals surface area contributed by atoms with E-state index in [4.69, 9.17) is 5.73 Å². The summed E-state index contributed by atoms with van der Waals surface area (Å²) in [5, 5.41) is 2.60. The number of rotatable bonds is 5. The van der Waals surface area contributed by atoms with Crippen molar-refractivity contribution >= 4 is 11.8 Å². The molecule has 19 heavy (non-hydrogen) atoms. The number of carbonyl (C=O) groups is 2. The molecule has 0 aromatic rings. The summed E-state index contributed by atoms with van der Waals surface area (Å²) in [7, 11) is 3.39. The molecule has 5 heteroatoms. The molecular weight excluding hydrogens is 242 g/mol. The highest BCUT2D eigenvalue weighted by Gasteiger charge is 2.23. The molecule has 1 unspecified atom stereocenters. The zero-order valence-electron chi connectivity index (χ0n) is 12.3. The van der Waals surface area contributed by atoms with Crippen LogP contribution in [0.3, 0.4) is 0 Å². The molecule has 1 saturated carbocycles. The summed E-state index contributed by atoms with van der Waals surface area (Å²) in [6.07, 6.45) is 4.73. The third-order valence-electron chi connectivity index (χ3n) is 4.02. The van der Waals surface area contributed by atoms with Crippen molar-refractivity contribution in [2.45, 2.75) is 45.1 Å². The standard InChI is InChI=1S/C14H27N3O2/c1-10(14(19)16-2)9-17(3)13(18)8-11-4-6-12(15)7-5-11/h10-12H,4-9,15H2,1-3H3,(H,16,19). The van der Waals surface area contributed by atoms with E-state index in [1.807, 2.05) is 6.92 Å². The van der Waals surface area contributed by atoms with E-state index in [-0.39, 0.29) is 17.7 Å². The van der Waals surface area contributed by atoms with Crippen LogP contribution in [0.2, 0.25) is 0 Å². The average Bonchev–Trinajstić information content (AvgIpc) is 2.40. The first-order valence-corrected chi connectivity index (χ1v) is 7.15. The van der Waals surface area contributed by atoms with Gasteiger partial charge in [-0.2, -0.15) is 0 Å². The number of hydrogen-bond acceptors (Lipinski definition) is 3. The van der Waals surface area contributed by atoms with Gasteiger partial charge in [0, 0.05) is 33.1 Å². The highest BCUT2D eigenvalue weighted by atomic mass is 16.2. The second kappa shape index (κ2) is 7.48. The molecule has 0 bridgehead atoms. The maximum absolute atomic E-state index is 12.1. The minimum atomic E-state index is -0.168. The number of nitrogens with zero attached hydrogens (tertiary/aromatic N) is 1. The molecule has 1 aliphatic carbocycles. The highest BCUT2D eigenvalue weighted by Crippen LogP contribution is 2.26. The van der Waals surface area contributed by atoms with E-state index in [2.05, 4.69) is 5.32 Å². The molecule has 0 saturated heterocycles. The van der Waals surface area contributed by atoms with Crippen LogP contribution in [0.5, 0.6) is 0 Å². The van der Waals surface area contributed by atoms with Crippen LogP contribution in [0.25, 0.3) is 0 Å². The molecule has 1 atom stereocenters. The fraction of sp³-hybridized carbons (Fsp3) is 0.857. The topological polar surface area (TPSA) is 75.4 Å². The maximum Gasteiger partial charge on any atom is 0.224 e. The summed E-state index contributed by atoms with van der Waals surface area (Å²) in [5.74, 6) is 0.406. The van der Waals surface area contributed by atoms with Crippen molar-refractivity contribution in [3.8, 4) is 0 Å². The van der Waals surface area contributed by atoms with E-state index < -0.39 is 0 Å². The van der Waals surface area contributed by atoms with Gasteiger partial charge in [0.2, 0.25) is 11.8 Å².